The smallest absolute Gasteiger partial charge is 0.295 e. The number of aliphatic hydroxyl groups excluding tert-OH is 1. The van der Waals surface area contributed by atoms with E-state index in [0.29, 0.717) is 28.4 Å². The van der Waals surface area contributed by atoms with Crippen molar-refractivity contribution >= 4 is 17.4 Å². The maximum atomic E-state index is 13.6. The van der Waals surface area contributed by atoms with Crippen LogP contribution in [-0.4, -0.2) is 42.0 Å². The predicted octanol–water partition coefficient (Wildman–Crippen LogP) is 6.54. The second-order valence-corrected chi connectivity index (χ2v) is 10.6. The molecule has 7 heteroatoms. The topological polar surface area (TPSA) is 85.3 Å². The van der Waals surface area contributed by atoms with Gasteiger partial charge in [0.15, 0.2) is 0 Å². The van der Waals surface area contributed by atoms with Crippen LogP contribution in [0.1, 0.15) is 67.5 Å². The maximum absolute atomic E-state index is 13.6. The Morgan fingerprint density at radius 2 is 1.62 bits per heavy atom. The highest BCUT2D eigenvalue weighted by molar-refractivity contribution is 6.46. The van der Waals surface area contributed by atoms with Crippen molar-refractivity contribution in [1.82, 2.24) is 4.90 Å². The minimum absolute atomic E-state index is 0.00209. The average molecular weight is 544 g/mol. The number of carbonyl (C=O) groups excluding carboxylic acids is 2. The van der Waals surface area contributed by atoms with Crippen LogP contribution >= 0.6 is 0 Å². The number of hydrogen-bond acceptors (Lipinski definition) is 6. The Kier molecular flexibility index (Phi) is 8.52. The second kappa shape index (κ2) is 11.9. The number of ether oxygens (including phenoxy) is 3. The molecule has 0 spiro atoms. The Morgan fingerprint density at radius 1 is 0.925 bits per heavy atom. The number of nitrogens with zero attached hydrogens (tertiary/aromatic N) is 1. The number of aliphatic hydroxyl groups is 1. The van der Waals surface area contributed by atoms with Crippen LogP contribution in [-0.2, 0) is 16.1 Å². The Balaban J connectivity index is 1.89. The van der Waals surface area contributed by atoms with E-state index in [1.165, 1.54) is 4.90 Å². The third kappa shape index (κ3) is 5.69. The van der Waals surface area contributed by atoms with Crippen LogP contribution in [0.15, 0.2) is 66.2 Å². The van der Waals surface area contributed by atoms with E-state index in [2.05, 4.69) is 0 Å². The molecule has 3 aromatic rings. The van der Waals surface area contributed by atoms with E-state index >= 15 is 0 Å². The lowest BCUT2D eigenvalue weighted by Gasteiger charge is -2.26. The van der Waals surface area contributed by atoms with Gasteiger partial charge in [0.05, 0.1) is 31.9 Å². The summed E-state index contributed by atoms with van der Waals surface area (Å²) in [6.07, 6.45) is -0.00209. The Morgan fingerprint density at radius 3 is 2.23 bits per heavy atom. The first-order valence-corrected chi connectivity index (χ1v) is 13.4. The third-order valence-corrected chi connectivity index (χ3v) is 7.05. The van der Waals surface area contributed by atoms with Crippen LogP contribution in [0, 0.1) is 6.92 Å². The SMILES string of the molecule is COc1cccc(CN2C(=O)C(=O)/C(=C(/O)c3cc(C(C)C)c(OC)cc3C)C2c2ccc(OC(C)C)cc2)c1. The normalized spacial score (nSPS) is 16.6. The molecule has 0 radical (unpaired) electrons. The molecule has 1 aliphatic rings. The summed E-state index contributed by atoms with van der Waals surface area (Å²) in [5, 5.41) is 11.7. The fourth-order valence-corrected chi connectivity index (χ4v) is 5.08. The fourth-order valence-electron chi connectivity index (χ4n) is 5.08. The molecule has 1 saturated heterocycles. The van der Waals surface area contributed by atoms with Gasteiger partial charge in [-0.15, -0.1) is 0 Å². The molecule has 1 aliphatic heterocycles. The molecule has 0 aliphatic carbocycles. The number of benzene rings is 3. The van der Waals surface area contributed by atoms with Gasteiger partial charge < -0.3 is 24.2 Å². The van der Waals surface area contributed by atoms with E-state index in [1.807, 2.05) is 95.3 Å². The summed E-state index contributed by atoms with van der Waals surface area (Å²) in [7, 11) is 3.19. The van der Waals surface area contributed by atoms with E-state index in [-0.39, 0.29) is 29.9 Å². The summed E-state index contributed by atoms with van der Waals surface area (Å²) in [6.45, 7) is 9.96. The molecular weight excluding hydrogens is 506 g/mol. The molecule has 3 aromatic carbocycles. The standard InChI is InChI=1S/C33H37NO6/c1-19(2)26-17-27(21(5)15-28(26)39-7)31(35)29-30(23-11-13-24(14-12-23)40-20(3)4)34(33(37)32(29)36)18-22-9-8-10-25(16-22)38-6/h8-17,19-20,30,35H,18H2,1-7H3/b31-29+. The lowest BCUT2D eigenvalue weighted by atomic mass is 9.91. The van der Waals surface area contributed by atoms with Gasteiger partial charge in [0.1, 0.15) is 23.0 Å². The van der Waals surface area contributed by atoms with Gasteiger partial charge in [-0.2, -0.15) is 0 Å². The van der Waals surface area contributed by atoms with E-state index in [0.717, 1.165) is 16.7 Å². The highest BCUT2D eigenvalue weighted by atomic mass is 16.5. The molecular formula is C33H37NO6. The molecule has 1 heterocycles. The van der Waals surface area contributed by atoms with Crippen LogP contribution in [0.4, 0.5) is 0 Å². The predicted molar refractivity (Wildman–Crippen MR) is 155 cm³/mol. The molecule has 210 valence electrons. The average Bonchev–Trinajstić information content (AvgIpc) is 3.17. The quantitative estimate of drug-likeness (QED) is 0.187. The monoisotopic (exact) mass is 543 g/mol. The van der Waals surface area contributed by atoms with Crippen LogP contribution < -0.4 is 14.2 Å². The van der Waals surface area contributed by atoms with Gasteiger partial charge in [0, 0.05) is 12.1 Å². The van der Waals surface area contributed by atoms with E-state index in [4.69, 9.17) is 14.2 Å². The Bertz CT molecular complexity index is 1440. The number of rotatable bonds is 9. The van der Waals surface area contributed by atoms with Crippen molar-refractivity contribution in [3.8, 4) is 17.2 Å². The number of likely N-dealkylation sites (tertiary alicyclic amines) is 1. The van der Waals surface area contributed by atoms with Gasteiger partial charge in [-0.25, -0.2) is 0 Å². The molecule has 1 amide bonds. The zero-order chi connectivity index (χ0) is 29.1. The maximum Gasteiger partial charge on any atom is 0.295 e. The lowest BCUT2D eigenvalue weighted by molar-refractivity contribution is -0.140. The van der Waals surface area contributed by atoms with Crippen LogP contribution in [0.25, 0.3) is 5.76 Å². The van der Waals surface area contributed by atoms with E-state index in [1.54, 1.807) is 14.2 Å². The molecule has 40 heavy (non-hydrogen) atoms. The van der Waals surface area contributed by atoms with Crippen molar-refractivity contribution < 1.29 is 28.9 Å². The number of Topliss-reactive ketones (excluding diaryl/α,β-unsaturated/α-hetero) is 1. The third-order valence-electron chi connectivity index (χ3n) is 7.05. The first-order valence-electron chi connectivity index (χ1n) is 13.4. The summed E-state index contributed by atoms with van der Waals surface area (Å²) in [4.78, 5) is 28.6. The van der Waals surface area contributed by atoms with Crippen LogP contribution in [0.3, 0.4) is 0 Å². The van der Waals surface area contributed by atoms with E-state index in [9.17, 15) is 14.7 Å². The van der Waals surface area contributed by atoms with Crippen molar-refractivity contribution in [2.45, 2.75) is 59.2 Å². The Hall–Kier alpha value is -4.26. The van der Waals surface area contributed by atoms with Crippen molar-refractivity contribution in [2.24, 2.45) is 0 Å². The highest BCUT2D eigenvalue weighted by Gasteiger charge is 2.46. The molecule has 1 N–H and O–H groups in total. The fraction of sp³-hybridized carbons (Fsp3) is 0.333. The number of hydrogen-bond donors (Lipinski definition) is 1. The van der Waals surface area contributed by atoms with Crippen molar-refractivity contribution in [3.63, 3.8) is 0 Å². The van der Waals surface area contributed by atoms with Gasteiger partial charge in [-0.3, -0.25) is 9.59 Å². The molecule has 1 unspecified atom stereocenters. The zero-order valence-corrected chi connectivity index (χ0v) is 24.1. The molecule has 1 atom stereocenters. The first kappa shape index (κ1) is 28.7. The molecule has 4 rings (SSSR count). The molecule has 7 nitrogen and oxygen atoms in total. The van der Waals surface area contributed by atoms with Crippen molar-refractivity contribution in [1.29, 1.82) is 0 Å². The Labute approximate surface area is 236 Å². The largest absolute Gasteiger partial charge is 0.507 e. The van der Waals surface area contributed by atoms with E-state index < -0.39 is 17.7 Å². The zero-order valence-electron chi connectivity index (χ0n) is 24.1. The molecule has 0 saturated carbocycles. The summed E-state index contributed by atoms with van der Waals surface area (Å²) in [5.41, 5.74) is 3.66. The number of ketones is 1. The minimum Gasteiger partial charge on any atom is -0.507 e. The second-order valence-electron chi connectivity index (χ2n) is 10.6. The van der Waals surface area contributed by atoms with Gasteiger partial charge >= 0.3 is 0 Å². The summed E-state index contributed by atoms with van der Waals surface area (Å²) in [6, 6.07) is 17.6. The first-order chi connectivity index (χ1) is 19.0. The summed E-state index contributed by atoms with van der Waals surface area (Å²) >= 11 is 0. The molecule has 0 bridgehead atoms. The minimum atomic E-state index is -0.802. The lowest BCUT2D eigenvalue weighted by Crippen LogP contribution is -2.29. The van der Waals surface area contributed by atoms with Crippen molar-refractivity contribution in [3.05, 3.63) is 94.1 Å². The highest BCUT2D eigenvalue weighted by Crippen LogP contribution is 2.42. The summed E-state index contributed by atoms with van der Waals surface area (Å²) < 4.78 is 16.7. The van der Waals surface area contributed by atoms with Gasteiger partial charge in [-0.1, -0.05) is 38.1 Å². The van der Waals surface area contributed by atoms with Crippen LogP contribution in [0.2, 0.25) is 0 Å². The number of carbonyl (C=O) groups is 2. The van der Waals surface area contributed by atoms with Gasteiger partial charge in [0.25, 0.3) is 11.7 Å². The molecule has 1 fully saturated rings. The van der Waals surface area contributed by atoms with Gasteiger partial charge in [-0.05, 0) is 85.3 Å². The van der Waals surface area contributed by atoms with Gasteiger partial charge in [0.2, 0.25) is 0 Å². The number of methoxy groups -OCH3 is 2. The molecule has 0 aromatic heterocycles. The number of aryl methyl sites for hydroxylation is 1. The van der Waals surface area contributed by atoms with Crippen LogP contribution in [0.5, 0.6) is 17.2 Å². The van der Waals surface area contributed by atoms with Crippen molar-refractivity contribution in [2.75, 3.05) is 14.2 Å². The summed E-state index contributed by atoms with van der Waals surface area (Å²) in [5.74, 6) is 0.538. The number of amides is 1.